The minimum Gasteiger partial charge on any atom is -0.480 e. The molecule has 0 saturated heterocycles. The second-order valence-corrected chi connectivity index (χ2v) is 3.51. The summed E-state index contributed by atoms with van der Waals surface area (Å²) in [4.78, 5) is 21.8. The fraction of sp³-hybridized carbons (Fsp3) is 0.778. The molecular weight excluding hydrogens is 200 g/mol. The molecule has 1 amide bonds. The predicted octanol–water partition coefficient (Wildman–Crippen LogP) is -1.06. The molecule has 0 aromatic heterocycles. The van der Waals surface area contributed by atoms with Crippen LogP contribution in [0.25, 0.3) is 0 Å². The molecule has 0 aromatic rings. The Kier molecular flexibility index (Phi) is 6.64. The van der Waals surface area contributed by atoms with Crippen LogP contribution in [0.2, 0.25) is 0 Å². The van der Waals surface area contributed by atoms with E-state index in [1.54, 1.807) is 0 Å². The third kappa shape index (κ3) is 6.87. The van der Waals surface area contributed by atoms with Crippen LogP contribution in [-0.4, -0.2) is 47.3 Å². The lowest BCUT2D eigenvalue weighted by molar-refractivity contribution is -0.142. The molecule has 0 saturated carbocycles. The molecule has 0 radical (unpaired) electrons. The number of aliphatic hydroxyl groups excluding tert-OH is 1. The molecule has 0 aliphatic carbocycles. The SMILES string of the molecule is CC(C)NCC(=O)N[C@H](CCO)C(=O)O. The van der Waals surface area contributed by atoms with E-state index in [4.69, 9.17) is 10.2 Å². The molecule has 6 nitrogen and oxygen atoms in total. The average molecular weight is 218 g/mol. The van der Waals surface area contributed by atoms with Crippen molar-refractivity contribution in [2.45, 2.75) is 32.4 Å². The van der Waals surface area contributed by atoms with E-state index < -0.39 is 12.0 Å². The first-order valence-electron chi connectivity index (χ1n) is 4.83. The molecule has 0 spiro atoms. The van der Waals surface area contributed by atoms with E-state index in [1.807, 2.05) is 13.8 Å². The minimum absolute atomic E-state index is 0.0166. The summed E-state index contributed by atoms with van der Waals surface area (Å²) in [5, 5.41) is 22.4. The number of carbonyl (C=O) groups is 2. The Morgan fingerprint density at radius 2 is 1.93 bits per heavy atom. The molecule has 88 valence electrons. The topological polar surface area (TPSA) is 98.7 Å². The van der Waals surface area contributed by atoms with Gasteiger partial charge in [-0.05, 0) is 0 Å². The molecule has 0 aliphatic heterocycles. The summed E-state index contributed by atoms with van der Waals surface area (Å²) in [6, 6.07) is -0.853. The number of rotatable bonds is 7. The summed E-state index contributed by atoms with van der Waals surface area (Å²) in [5.41, 5.74) is 0. The Labute approximate surface area is 88.7 Å². The van der Waals surface area contributed by atoms with Crippen molar-refractivity contribution in [1.29, 1.82) is 0 Å². The van der Waals surface area contributed by atoms with Crippen LogP contribution in [0.1, 0.15) is 20.3 Å². The van der Waals surface area contributed by atoms with Crippen LogP contribution in [0.5, 0.6) is 0 Å². The van der Waals surface area contributed by atoms with Crippen LogP contribution in [0.15, 0.2) is 0 Å². The molecule has 1 atom stereocenters. The van der Waals surface area contributed by atoms with Crippen molar-refractivity contribution >= 4 is 11.9 Å². The van der Waals surface area contributed by atoms with Gasteiger partial charge in [-0.25, -0.2) is 4.79 Å². The molecule has 15 heavy (non-hydrogen) atoms. The maximum Gasteiger partial charge on any atom is 0.326 e. The van der Waals surface area contributed by atoms with Crippen LogP contribution in [0, 0.1) is 0 Å². The van der Waals surface area contributed by atoms with Gasteiger partial charge < -0.3 is 20.8 Å². The third-order valence-electron chi connectivity index (χ3n) is 1.72. The van der Waals surface area contributed by atoms with Gasteiger partial charge in [0.15, 0.2) is 0 Å². The van der Waals surface area contributed by atoms with Gasteiger partial charge in [0.2, 0.25) is 5.91 Å². The number of amides is 1. The van der Waals surface area contributed by atoms with Crippen LogP contribution in [-0.2, 0) is 9.59 Å². The largest absolute Gasteiger partial charge is 0.480 e. The lowest BCUT2D eigenvalue weighted by atomic mass is 10.2. The van der Waals surface area contributed by atoms with E-state index in [-0.39, 0.29) is 31.5 Å². The molecule has 0 aliphatic rings. The van der Waals surface area contributed by atoms with E-state index in [1.165, 1.54) is 0 Å². The Morgan fingerprint density at radius 3 is 2.33 bits per heavy atom. The van der Waals surface area contributed by atoms with Crippen molar-refractivity contribution in [2.75, 3.05) is 13.2 Å². The third-order valence-corrected chi connectivity index (χ3v) is 1.72. The van der Waals surface area contributed by atoms with Gasteiger partial charge in [0.1, 0.15) is 6.04 Å². The Bertz CT molecular complexity index is 218. The first-order valence-corrected chi connectivity index (χ1v) is 4.83. The maximum atomic E-state index is 11.2. The van der Waals surface area contributed by atoms with Crippen molar-refractivity contribution in [3.63, 3.8) is 0 Å². The molecule has 4 N–H and O–H groups in total. The normalized spacial score (nSPS) is 12.5. The first-order chi connectivity index (χ1) is 6.97. The van der Waals surface area contributed by atoms with Gasteiger partial charge in [-0.2, -0.15) is 0 Å². The van der Waals surface area contributed by atoms with Gasteiger partial charge in [0.05, 0.1) is 6.54 Å². The summed E-state index contributed by atoms with van der Waals surface area (Å²) in [5.74, 6) is -1.52. The number of carbonyl (C=O) groups excluding carboxylic acids is 1. The molecule has 0 fully saturated rings. The van der Waals surface area contributed by atoms with Crippen molar-refractivity contribution in [1.82, 2.24) is 10.6 Å². The highest BCUT2D eigenvalue weighted by atomic mass is 16.4. The van der Waals surface area contributed by atoms with E-state index in [0.717, 1.165) is 0 Å². The number of nitrogens with one attached hydrogen (secondary N) is 2. The number of carboxylic acids is 1. The molecule has 0 unspecified atom stereocenters. The molecular formula is C9H18N2O4. The van der Waals surface area contributed by atoms with Crippen LogP contribution in [0.4, 0.5) is 0 Å². The zero-order valence-electron chi connectivity index (χ0n) is 8.99. The van der Waals surface area contributed by atoms with Crippen molar-refractivity contribution in [2.24, 2.45) is 0 Å². The lowest BCUT2D eigenvalue weighted by Gasteiger charge is -2.14. The van der Waals surface area contributed by atoms with E-state index in [0.29, 0.717) is 0 Å². The predicted molar refractivity (Wildman–Crippen MR) is 54.4 cm³/mol. The molecule has 0 rings (SSSR count). The van der Waals surface area contributed by atoms with Gasteiger partial charge >= 0.3 is 5.97 Å². The van der Waals surface area contributed by atoms with Crippen molar-refractivity contribution < 1.29 is 19.8 Å². The van der Waals surface area contributed by atoms with Gasteiger partial charge in [-0.3, -0.25) is 4.79 Å². The quantitative estimate of drug-likeness (QED) is 0.436. The Hall–Kier alpha value is -1.14. The average Bonchev–Trinajstić information content (AvgIpc) is 2.14. The number of hydrogen-bond acceptors (Lipinski definition) is 4. The highest BCUT2D eigenvalue weighted by Crippen LogP contribution is 1.91. The molecule has 0 heterocycles. The highest BCUT2D eigenvalue weighted by molar-refractivity contribution is 5.84. The second-order valence-electron chi connectivity index (χ2n) is 3.51. The number of carboxylic acid groups (broad SMARTS) is 1. The first kappa shape index (κ1) is 13.9. The maximum absolute atomic E-state index is 11.2. The minimum atomic E-state index is -1.14. The zero-order chi connectivity index (χ0) is 11.8. The van der Waals surface area contributed by atoms with Gasteiger partial charge in [0, 0.05) is 19.1 Å². The molecule has 0 aromatic carbocycles. The van der Waals surface area contributed by atoms with E-state index in [2.05, 4.69) is 10.6 Å². The summed E-state index contributed by atoms with van der Waals surface area (Å²) < 4.78 is 0. The summed E-state index contributed by atoms with van der Waals surface area (Å²) in [6.45, 7) is 3.58. The molecule has 0 bridgehead atoms. The van der Waals surface area contributed by atoms with E-state index in [9.17, 15) is 9.59 Å². The van der Waals surface area contributed by atoms with E-state index >= 15 is 0 Å². The fourth-order valence-corrected chi connectivity index (χ4v) is 0.929. The summed E-state index contributed by atoms with van der Waals surface area (Å²) in [7, 11) is 0. The fourth-order valence-electron chi connectivity index (χ4n) is 0.929. The summed E-state index contributed by atoms with van der Waals surface area (Å²) >= 11 is 0. The highest BCUT2D eigenvalue weighted by Gasteiger charge is 2.18. The smallest absolute Gasteiger partial charge is 0.326 e. The van der Waals surface area contributed by atoms with Gasteiger partial charge in [-0.15, -0.1) is 0 Å². The number of hydrogen-bond donors (Lipinski definition) is 4. The monoisotopic (exact) mass is 218 g/mol. The standard InChI is InChI=1S/C9H18N2O4/c1-6(2)10-5-8(13)11-7(3-4-12)9(14)15/h6-7,10,12H,3-5H2,1-2H3,(H,11,13)(H,14,15)/t7-/m1/s1. The van der Waals surface area contributed by atoms with Gasteiger partial charge in [0.25, 0.3) is 0 Å². The van der Waals surface area contributed by atoms with Crippen LogP contribution >= 0.6 is 0 Å². The van der Waals surface area contributed by atoms with Gasteiger partial charge in [-0.1, -0.05) is 13.8 Å². The second kappa shape index (κ2) is 7.19. The Morgan fingerprint density at radius 1 is 1.33 bits per heavy atom. The molecule has 6 heteroatoms. The number of aliphatic hydroxyl groups is 1. The lowest BCUT2D eigenvalue weighted by Crippen LogP contribution is -2.45. The Balaban J connectivity index is 3.94. The van der Waals surface area contributed by atoms with Crippen molar-refractivity contribution in [3.8, 4) is 0 Å². The zero-order valence-corrected chi connectivity index (χ0v) is 8.99. The van der Waals surface area contributed by atoms with Crippen molar-refractivity contribution in [3.05, 3.63) is 0 Å². The number of aliphatic carboxylic acids is 1. The summed E-state index contributed by atoms with van der Waals surface area (Å²) in [6.07, 6.45) is 0.0166. The van der Waals surface area contributed by atoms with Crippen LogP contribution in [0.3, 0.4) is 0 Å². The van der Waals surface area contributed by atoms with Crippen LogP contribution < -0.4 is 10.6 Å².